The van der Waals surface area contributed by atoms with E-state index in [0.29, 0.717) is 24.5 Å². The molecule has 1 atom stereocenters. The van der Waals surface area contributed by atoms with E-state index in [9.17, 15) is 9.90 Å². The van der Waals surface area contributed by atoms with Gasteiger partial charge in [0, 0.05) is 22.8 Å². The summed E-state index contributed by atoms with van der Waals surface area (Å²) in [5, 5.41) is 17.6. The third-order valence-electron chi connectivity index (χ3n) is 5.00. The van der Waals surface area contributed by atoms with Crippen molar-refractivity contribution in [2.75, 3.05) is 6.61 Å². The van der Waals surface area contributed by atoms with Crippen molar-refractivity contribution < 1.29 is 9.90 Å². The molecule has 2 aromatic carbocycles. The Labute approximate surface area is 162 Å². The molecule has 0 bridgehead atoms. The van der Waals surface area contributed by atoms with Crippen molar-refractivity contribution in [3.63, 3.8) is 0 Å². The van der Waals surface area contributed by atoms with E-state index in [-0.39, 0.29) is 18.4 Å². The quantitative estimate of drug-likeness (QED) is 0.707. The predicted octanol–water partition coefficient (Wildman–Crippen LogP) is 3.74. The number of aliphatic hydroxyl groups excluding tert-OH is 1. The number of aromatic amines is 1. The molecule has 2 heterocycles. The van der Waals surface area contributed by atoms with Crippen molar-refractivity contribution in [3.8, 4) is 11.3 Å². The van der Waals surface area contributed by atoms with E-state index < -0.39 is 0 Å². The summed E-state index contributed by atoms with van der Waals surface area (Å²) in [5.74, 6) is -0.311. The van der Waals surface area contributed by atoms with E-state index in [1.165, 1.54) is 0 Å². The van der Waals surface area contributed by atoms with Crippen LogP contribution in [0.2, 0.25) is 5.02 Å². The summed E-state index contributed by atoms with van der Waals surface area (Å²) in [6, 6.07) is 17.2. The summed E-state index contributed by atoms with van der Waals surface area (Å²) >= 11 is 5.98. The monoisotopic (exact) mass is 381 g/mol. The van der Waals surface area contributed by atoms with E-state index in [2.05, 4.69) is 10.2 Å². The van der Waals surface area contributed by atoms with Crippen LogP contribution in [0.5, 0.6) is 0 Å². The van der Waals surface area contributed by atoms with E-state index in [1.54, 1.807) is 0 Å². The van der Waals surface area contributed by atoms with Gasteiger partial charge in [-0.3, -0.25) is 9.89 Å². The highest BCUT2D eigenvalue weighted by Crippen LogP contribution is 2.33. The summed E-state index contributed by atoms with van der Waals surface area (Å²) in [6.07, 6.45) is 0.412. The molecule has 2 N–H and O–H groups in total. The Balaban J connectivity index is 1.57. The van der Waals surface area contributed by atoms with E-state index >= 15 is 0 Å². The van der Waals surface area contributed by atoms with Crippen LogP contribution in [0.15, 0.2) is 54.6 Å². The molecular weight excluding hydrogens is 362 g/mol. The number of nitrogens with one attached hydrogen (secondary N) is 1. The highest BCUT2D eigenvalue weighted by Gasteiger charge is 2.32. The summed E-state index contributed by atoms with van der Waals surface area (Å²) in [4.78, 5) is 15.0. The second-order valence-corrected chi connectivity index (χ2v) is 7.14. The SMILES string of the molecule is O=C(C(CCO)c1ccccc1)N1Cc2[nH]nc(-c3ccc(Cl)cc3)c2C1. The van der Waals surface area contributed by atoms with Gasteiger partial charge < -0.3 is 10.0 Å². The number of amides is 1. The van der Waals surface area contributed by atoms with Crippen LogP contribution < -0.4 is 0 Å². The maximum Gasteiger partial charge on any atom is 0.230 e. The van der Waals surface area contributed by atoms with Gasteiger partial charge in [0.25, 0.3) is 0 Å². The van der Waals surface area contributed by atoms with Gasteiger partial charge in [0.2, 0.25) is 5.91 Å². The van der Waals surface area contributed by atoms with Crippen molar-refractivity contribution in [2.45, 2.75) is 25.4 Å². The van der Waals surface area contributed by atoms with Gasteiger partial charge >= 0.3 is 0 Å². The molecule has 4 rings (SSSR count). The smallest absolute Gasteiger partial charge is 0.230 e. The lowest BCUT2D eigenvalue weighted by Crippen LogP contribution is -2.31. The van der Waals surface area contributed by atoms with Crippen LogP contribution in [0.1, 0.15) is 29.2 Å². The van der Waals surface area contributed by atoms with Crippen molar-refractivity contribution in [2.24, 2.45) is 0 Å². The molecule has 6 heteroatoms. The molecule has 0 radical (unpaired) electrons. The molecule has 1 unspecified atom stereocenters. The molecule has 1 aromatic heterocycles. The molecule has 5 nitrogen and oxygen atoms in total. The zero-order chi connectivity index (χ0) is 18.8. The second kappa shape index (κ2) is 7.55. The third-order valence-corrected chi connectivity index (χ3v) is 5.25. The molecular formula is C21H20ClN3O2. The number of halogens is 1. The van der Waals surface area contributed by atoms with Crippen molar-refractivity contribution >= 4 is 17.5 Å². The minimum atomic E-state index is -0.341. The Bertz CT molecular complexity index is 938. The van der Waals surface area contributed by atoms with Gasteiger partial charge in [-0.25, -0.2) is 0 Å². The minimum Gasteiger partial charge on any atom is -0.396 e. The number of hydrogen-bond donors (Lipinski definition) is 2. The highest BCUT2D eigenvalue weighted by atomic mass is 35.5. The van der Waals surface area contributed by atoms with Crippen molar-refractivity contribution in [1.82, 2.24) is 15.1 Å². The Morgan fingerprint density at radius 1 is 1.15 bits per heavy atom. The van der Waals surface area contributed by atoms with Crippen molar-refractivity contribution in [3.05, 3.63) is 76.4 Å². The first-order valence-corrected chi connectivity index (χ1v) is 9.32. The summed E-state index contributed by atoms with van der Waals surface area (Å²) < 4.78 is 0. The number of carbonyl (C=O) groups is 1. The van der Waals surface area contributed by atoms with Crippen molar-refractivity contribution in [1.29, 1.82) is 0 Å². The van der Waals surface area contributed by atoms with Crippen LogP contribution in [0.25, 0.3) is 11.3 Å². The summed E-state index contributed by atoms with van der Waals surface area (Å²) in [5.41, 5.74) is 4.77. The lowest BCUT2D eigenvalue weighted by Gasteiger charge is -2.23. The number of H-pyrrole nitrogens is 1. The number of benzene rings is 2. The van der Waals surface area contributed by atoms with Gasteiger partial charge in [-0.2, -0.15) is 5.10 Å². The molecule has 1 amide bonds. The van der Waals surface area contributed by atoms with E-state index in [4.69, 9.17) is 11.6 Å². The summed E-state index contributed by atoms with van der Waals surface area (Å²) in [6.45, 7) is 0.989. The number of hydrogen-bond acceptors (Lipinski definition) is 3. The average molecular weight is 382 g/mol. The van der Waals surface area contributed by atoms with Gasteiger partial charge in [-0.15, -0.1) is 0 Å². The Kier molecular flexibility index (Phi) is 4.97. The maximum atomic E-state index is 13.2. The number of nitrogens with zero attached hydrogens (tertiary/aromatic N) is 2. The second-order valence-electron chi connectivity index (χ2n) is 6.71. The summed E-state index contributed by atoms with van der Waals surface area (Å²) in [7, 11) is 0. The van der Waals surface area contributed by atoms with Gasteiger partial charge in [0.1, 0.15) is 0 Å². The lowest BCUT2D eigenvalue weighted by molar-refractivity contribution is -0.133. The topological polar surface area (TPSA) is 69.2 Å². The van der Waals surface area contributed by atoms with Gasteiger partial charge in [-0.05, 0) is 24.1 Å². The maximum absolute atomic E-state index is 13.2. The number of fused-ring (bicyclic) bond motifs is 1. The fourth-order valence-electron chi connectivity index (χ4n) is 3.61. The molecule has 0 fully saturated rings. The number of rotatable bonds is 5. The van der Waals surface area contributed by atoms with Gasteiger partial charge in [0.15, 0.2) is 0 Å². The molecule has 0 saturated carbocycles. The standard InChI is InChI=1S/C21H20ClN3O2/c22-16-8-6-15(7-9-16)20-18-12-25(13-19(18)23-24-20)21(27)17(10-11-26)14-4-2-1-3-5-14/h1-9,17,26H,10-13H2,(H,23,24). The largest absolute Gasteiger partial charge is 0.396 e. The Morgan fingerprint density at radius 2 is 1.89 bits per heavy atom. The first kappa shape index (κ1) is 17.8. The molecule has 27 heavy (non-hydrogen) atoms. The first-order chi connectivity index (χ1) is 13.2. The highest BCUT2D eigenvalue weighted by molar-refractivity contribution is 6.30. The molecule has 1 aliphatic rings. The van der Waals surface area contributed by atoms with Gasteiger partial charge in [0.05, 0.1) is 30.4 Å². The molecule has 0 aliphatic carbocycles. The fraction of sp³-hybridized carbons (Fsp3) is 0.238. The lowest BCUT2D eigenvalue weighted by atomic mass is 9.94. The van der Waals surface area contributed by atoms with Crippen LogP contribution in [-0.4, -0.2) is 32.7 Å². The first-order valence-electron chi connectivity index (χ1n) is 8.94. The predicted molar refractivity (Wildman–Crippen MR) is 104 cm³/mol. The fourth-order valence-corrected chi connectivity index (χ4v) is 3.74. The third kappa shape index (κ3) is 3.48. The molecule has 0 saturated heterocycles. The Hall–Kier alpha value is -2.63. The van der Waals surface area contributed by atoms with E-state index in [1.807, 2.05) is 59.5 Å². The minimum absolute atomic E-state index is 0.0258. The molecule has 3 aromatic rings. The number of carbonyl (C=O) groups excluding carboxylic acids is 1. The van der Waals surface area contributed by atoms with E-state index in [0.717, 1.165) is 28.1 Å². The zero-order valence-corrected chi connectivity index (χ0v) is 15.5. The van der Waals surface area contributed by atoms with Crippen LogP contribution in [0, 0.1) is 0 Å². The Morgan fingerprint density at radius 3 is 2.59 bits per heavy atom. The van der Waals surface area contributed by atoms with Crippen LogP contribution in [-0.2, 0) is 17.9 Å². The average Bonchev–Trinajstić information content (AvgIpc) is 3.28. The molecule has 0 spiro atoms. The van der Waals surface area contributed by atoms with Crippen LogP contribution >= 0.6 is 11.6 Å². The molecule has 138 valence electrons. The molecule has 1 aliphatic heterocycles. The van der Waals surface area contributed by atoms with Gasteiger partial charge in [-0.1, -0.05) is 54.1 Å². The number of aromatic nitrogens is 2. The van der Waals surface area contributed by atoms with Crippen LogP contribution in [0.3, 0.4) is 0 Å². The number of aliphatic hydroxyl groups is 1. The van der Waals surface area contributed by atoms with Crippen LogP contribution in [0.4, 0.5) is 0 Å². The zero-order valence-electron chi connectivity index (χ0n) is 14.7. The normalized spacial score (nSPS) is 14.2.